The van der Waals surface area contributed by atoms with Gasteiger partial charge < -0.3 is 5.73 Å². The largest absolute Gasteiger partial charge is 0.368 e. The summed E-state index contributed by atoms with van der Waals surface area (Å²) in [5, 5.41) is 1.06. The maximum absolute atomic E-state index is 5.77. The van der Waals surface area contributed by atoms with Gasteiger partial charge in [0.2, 0.25) is 5.95 Å². The summed E-state index contributed by atoms with van der Waals surface area (Å²) in [4.78, 5) is 17.2. The molecule has 0 unspecified atom stereocenters. The minimum absolute atomic E-state index is 0.268. The molecule has 0 aliphatic rings. The van der Waals surface area contributed by atoms with Crippen LogP contribution in [-0.2, 0) is 6.42 Å². The number of anilines is 1. The monoisotopic (exact) mass is 265 g/mol. The third-order valence-electron chi connectivity index (χ3n) is 3.03. The molecule has 20 heavy (non-hydrogen) atoms. The molecule has 0 aliphatic carbocycles. The highest BCUT2D eigenvalue weighted by Crippen LogP contribution is 2.21. The topological polar surface area (TPSA) is 77.6 Å². The Balaban J connectivity index is 2.10. The van der Waals surface area contributed by atoms with E-state index in [1.54, 1.807) is 6.20 Å². The van der Waals surface area contributed by atoms with E-state index >= 15 is 0 Å². The fourth-order valence-corrected chi connectivity index (χ4v) is 2.12. The predicted octanol–water partition coefficient (Wildman–Crippen LogP) is 2.62. The third kappa shape index (κ3) is 2.42. The van der Waals surface area contributed by atoms with Crippen LogP contribution < -0.4 is 5.73 Å². The highest BCUT2D eigenvalue weighted by molar-refractivity contribution is 5.83. The van der Waals surface area contributed by atoms with Gasteiger partial charge in [-0.25, -0.2) is 4.98 Å². The van der Waals surface area contributed by atoms with Crippen LogP contribution >= 0.6 is 0 Å². The Kier molecular flexibility index (Phi) is 3.25. The first-order valence-electron chi connectivity index (χ1n) is 6.62. The van der Waals surface area contributed by atoms with Crippen LogP contribution in [0, 0.1) is 0 Å². The molecule has 5 heteroatoms. The fourth-order valence-electron chi connectivity index (χ4n) is 2.12. The quantitative estimate of drug-likeness (QED) is 0.787. The smallest absolute Gasteiger partial charge is 0.223 e. The molecule has 0 atom stereocenters. The maximum atomic E-state index is 5.77. The van der Waals surface area contributed by atoms with Gasteiger partial charge in [0.25, 0.3) is 0 Å². The Hall–Kier alpha value is -2.56. The molecule has 0 saturated heterocycles. The van der Waals surface area contributed by atoms with Gasteiger partial charge in [-0.1, -0.05) is 13.0 Å². The summed E-state index contributed by atoms with van der Waals surface area (Å²) in [6, 6.07) is 9.87. The molecule has 100 valence electrons. The number of hydrogen-bond donors (Lipinski definition) is 1. The number of pyridine rings is 1. The predicted molar refractivity (Wildman–Crippen MR) is 79.0 cm³/mol. The lowest BCUT2D eigenvalue weighted by Gasteiger charge is -2.05. The van der Waals surface area contributed by atoms with Crippen molar-refractivity contribution in [2.75, 3.05) is 5.73 Å². The molecule has 0 bridgehead atoms. The lowest BCUT2D eigenvalue weighted by Crippen LogP contribution is -2.04. The zero-order valence-electron chi connectivity index (χ0n) is 11.2. The molecular formula is C15H15N5. The summed E-state index contributed by atoms with van der Waals surface area (Å²) in [6.07, 6.45) is 3.56. The number of nitrogen functional groups attached to an aromatic ring is 1. The number of nitrogens with zero attached hydrogens (tertiary/aromatic N) is 4. The van der Waals surface area contributed by atoms with Gasteiger partial charge >= 0.3 is 0 Å². The Labute approximate surface area is 116 Å². The second kappa shape index (κ2) is 5.21. The molecule has 5 nitrogen and oxygen atoms in total. The number of nitrogens with two attached hydrogens (primary N) is 1. The first-order chi connectivity index (χ1) is 9.76. The van der Waals surface area contributed by atoms with Crippen molar-refractivity contribution in [1.29, 1.82) is 0 Å². The molecule has 2 heterocycles. The number of rotatable bonds is 3. The van der Waals surface area contributed by atoms with E-state index in [1.165, 1.54) is 0 Å². The van der Waals surface area contributed by atoms with Crippen LogP contribution in [0.25, 0.3) is 22.3 Å². The standard InChI is InChI=1S/C15H15N5/c1-2-4-13-18-14(20-15(16)19-13)11-6-7-12-10(9-11)5-3-8-17-12/h3,5-9H,2,4H2,1H3,(H2,16,18,19,20). The van der Waals surface area contributed by atoms with Gasteiger partial charge in [-0.3, -0.25) is 4.98 Å². The van der Waals surface area contributed by atoms with Crippen LogP contribution in [0.2, 0.25) is 0 Å². The van der Waals surface area contributed by atoms with Crippen molar-refractivity contribution in [2.45, 2.75) is 19.8 Å². The summed E-state index contributed by atoms with van der Waals surface area (Å²) < 4.78 is 0. The van der Waals surface area contributed by atoms with Crippen molar-refractivity contribution in [1.82, 2.24) is 19.9 Å². The van der Waals surface area contributed by atoms with E-state index in [9.17, 15) is 0 Å². The van der Waals surface area contributed by atoms with Crippen molar-refractivity contribution >= 4 is 16.9 Å². The van der Waals surface area contributed by atoms with E-state index in [0.717, 1.165) is 35.1 Å². The van der Waals surface area contributed by atoms with Gasteiger partial charge in [0.1, 0.15) is 5.82 Å². The molecule has 0 fully saturated rings. The summed E-state index contributed by atoms with van der Waals surface area (Å²) >= 11 is 0. The molecule has 3 aromatic rings. The van der Waals surface area contributed by atoms with E-state index in [1.807, 2.05) is 30.3 Å². The van der Waals surface area contributed by atoms with Gasteiger partial charge in [-0.05, 0) is 30.7 Å². The second-order valence-corrected chi connectivity index (χ2v) is 4.59. The minimum Gasteiger partial charge on any atom is -0.368 e. The van der Waals surface area contributed by atoms with Crippen molar-refractivity contribution in [3.8, 4) is 11.4 Å². The van der Waals surface area contributed by atoms with Crippen LogP contribution in [0.5, 0.6) is 0 Å². The van der Waals surface area contributed by atoms with E-state index in [4.69, 9.17) is 5.73 Å². The molecule has 3 rings (SSSR count). The van der Waals surface area contributed by atoms with E-state index in [0.29, 0.717) is 5.82 Å². The molecule has 0 saturated carbocycles. The van der Waals surface area contributed by atoms with Crippen molar-refractivity contribution in [2.24, 2.45) is 0 Å². The molecule has 0 amide bonds. The summed E-state index contributed by atoms with van der Waals surface area (Å²) in [5.41, 5.74) is 7.64. The zero-order chi connectivity index (χ0) is 13.9. The van der Waals surface area contributed by atoms with Crippen LogP contribution in [0.4, 0.5) is 5.95 Å². The summed E-state index contributed by atoms with van der Waals surface area (Å²) in [5.74, 6) is 1.62. The van der Waals surface area contributed by atoms with Gasteiger partial charge in [0, 0.05) is 23.6 Å². The second-order valence-electron chi connectivity index (χ2n) is 4.59. The first kappa shape index (κ1) is 12.5. The number of hydrogen-bond acceptors (Lipinski definition) is 5. The Morgan fingerprint density at radius 1 is 1.10 bits per heavy atom. The molecule has 0 radical (unpaired) electrons. The Bertz CT molecular complexity index is 754. The van der Waals surface area contributed by atoms with Crippen molar-refractivity contribution in [3.63, 3.8) is 0 Å². The SMILES string of the molecule is CCCc1nc(N)nc(-c2ccc3ncccc3c2)n1. The highest BCUT2D eigenvalue weighted by atomic mass is 15.1. The lowest BCUT2D eigenvalue weighted by atomic mass is 10.1. The number of benzene rings is 1. The minimum atomic E-state index is 0.268. The number of fused-ring (bicyclic) bond motifs is 1. The van der Waals surface area contributed by atoms with E-state index in [2.05, 4.69) is 26.9 Å². The van der Waals surface area contributed by atoms with Crippen LogP contribution in [0.1, 0.15) is 19.2 Å². The van der Waals surface area contributed by atoms with Crippen molar-refractivity contribution < 1.29 is 0 Å². The lowest BCUT2D eigenvalue weighted by molar-refractivity contribution is 0.825. The average Bonchev–Trinajstić information content (AvgIpc) is 2.46. The normalized spacial score (nSPS) is 10.8. The van der Waals surface area contributed by atoms with Crippen LogP contribution in [0.3, 0.4) is 0 Å². The number of aromatic nitrogens is 4. The Morgan fingerprint density at radius 3 is 2.85 bits per heavy atom. The average molecular weight is 265 g/mol. The van der Waals surface area contributed by atoms with Crippen LogP contribution in [-0.4, -0.2) is 19.9 Å². The number of aryl methyl sites for hydroxylation is 1. The first-order valence-corrected chi connectivity index (χ1v) is 6.62. The Morgan fingerprint density at radius 2 is 2.00 bits per heavy atom. The van der Waals surface area contributed by atoms with E-state index < -0.39 is 0 Å². The van der Waals surface area contributed by atoms with Gasteiger partial charge in [-0.15, -0.1) is 0 Å². The van der Waals surface area contributed by atoms with Crippen molar-refractivity contribution in [3.05, 3.63) is 42.4 Å². The zero-order valence-corrected chi connectivity index (χ0v) is 11.2. The molecule has 1 aromatic carbocycles. The molecule has 2 aromatic heterocycles. The molecule has 0 aliphatic heterocycles. The third-order valence-corrected chi connectivity index (χ3v) is 3.03. The van der Waals surface area contributed by atoms with Gasteiger partial charge in [0.05, 0.1) is 5.52 Å². The summed E-state index contributed by atoms with van der Waals surface area (Å²) in [6.45, 7) is 2.08. The fraction of sp³-hybridized carbons (Fsp3) is 0.200. The van der Waals surface area contributed by atoms with Gasteiger partial charge in [0.15, 0.2) is 5.82 Å². The maximum Gasteiger partial charge on any atom is 0.223 e. The molecule has 2 N–H and O–H groups in total. The van der Waals surface area contributed by atoms with E-state index in [-0.39, 0.29) is 5.95 Å². The molecule has 0 spiro atoms. The molecular weight excluding hydrogens is 250 g/mol. The van der Waals surface area contributed by atoms with Crippen LogP contribution in [0.15, 0.2) is 36.5 Å². The van der Waals surface area contributed by atoms with Gasteiger partial charge in [-0.2, -0.15) is 9.97 Å². The highest BCUT2D eigenvalue weighted by Gasteiger charge is 2.07. The summed E-state index contributed by atoms with van der Waals surface area (Å²) in [7, 11) is 0.